The fourth-order valence-corrected chi connectivity index (χ4v) is 3.06. The second-order valence-corrected chi connectivity index (χ2v) is 5.56. The molecule has 0 saturated heterocycles. The van der Waals surface area contributed by atoms with Crippen molar-refractivity contribution in [3.05, 3.63) is 11.8 Å². The van der Waals surface area contributed by atoms with Gasteiger partial charge < -0.3 is 10.6 Å². The second-order valence-electron chi connectivity index (χ2n) is 5.56. The Morgan fingerprint density at radius 2 is 2.06 bits per heavy atom. The molecule has 0 unspecified atom stereocenters. The number of hydrogen-bond acceptors (Lipinski definition) is 3. The third-order valence-electron chi connectivity index (χ3n) is 4.25. The van der Waals surface area contributed by atoms with E-state index in [0.717, 1.165) is 18.1 Å². The Morgan fingerprint density at radius 3 is 2.61 bits per heavy atom. The molecule has 0 atom stereocenters. The zero-order chi connectivity index (χ0) is 13.0. The first-order valence-electron chi connectivity index (χ1n) is 7.09. The van der Waals surface area contributed by atoms with Crippen molar-refractivity contribution in [3.63, 3.8) is 0 Å². The van der Waals surface area contributed by atoms with Crippen molar-refractivity contribution in [2.24, 2.45) is 7.05 Å². The van der Waals surface area contributed by atoms with Crippen molar-refractivity contribution < 1.29 is 0 Å². The average Bonchev–Trinajstić information content (AvgIpc) is 2.69. The molecule has 0 aromatic carbocycles. The molecule has 1 saturated carbocycles. The summed E-state index contributed by atoms with van der Waals surface area (Å²) in [7, 11) is 4.10. The summed E-state index contributed by atoms with van der Waals surface area (Å²) in [4.78, 5) is 0. The molecule has 0 spiro atoms. The summed E-state index contributed by atoms with van der Waals surface area (Å²) >= 11 is 0. The number of aromatic nitrogens is 2. The molecule has 1 heterocycles. The minimum atomic E-state index is 0.360. The molecule has 2 rings (SSSR count). The molecule has 4 nitrogen and oxygen atoms in total. The Bertz CT molecular complexity index is 377. The molecular weight excluding hydrogens is 224 g/mol. The van der Waals surface area contributed by atoms with Gasteiger partial charge in [-0.3, -0.25) is 4.68 Å². The lowest BCUT2D eigenvalue weighted by Crippen LogP contribution is -2.45. The number of nitrogens with zero attached hydrogens (tertiary/aromatic N) is 2. The molecule has 0 bridgehead atoms. The first-order valence-corrected chi connectivity index (χ1v) is 7.09. The van der Waals surface area contributed by atoms with Crippen LogP contribution < -0.4 is 10.6 Å². The predicted octanol–water partition coefficient (Wildman–Crippen LogP) is 2.45. The Labute approximate surface area is 110 Å². The maximum absolute atomic E-state index is 4.35. The molecule has 1 aromatic rings. The molecule has 0 amide bonds. The third-order valence-corrected chi connectivity index (χ3v) is 4.25. The molecule has 2 N–H and O–H groups in total. The van der Waals surface area contributed by atoms with Gasteiger partial charge in [-0.05, 0) is 33.2 Å². The van der Waals surface area contributed by atoms with E-state index in [1.807, 2.05) is 18.7 Å². The van der Waals surface area contributed by atoms with Gasteiger partial charge in [-0.25, -0.2) is 0 Å². The summed E-state index contributed by atoms with van der Waals surface area (Å²) in [6, 6.07) is 2.10. The van der Waals surface area contributed by atoms with Crippen molar-refractivity contribution in [1.82, 2.24) is 15.1 Å². The van der Waals surface area contributed by atoms with Gasteiger partial charge in [0.25, 0.3) is 0 Å². The molecule has 4 heteroatoms. The largest absolute Gasteiger partial charge is 0.370 e. The smallest absolute Gasteiger partial charge is 0.124 e. The first kappa shape index (κ1) is 13.4. The first-order chi connectivity index (χ1) is 8.65. The summed E-state index contributed by atoms with van der Waals surface area (Å²) in [5.41, 5.74) is 1.43. The molecule has 0 aliphatic heterocycles. The highest BCUT2D eigenvalue weighted by molar-refractivity contribution is 5.36. The minimum absolute atomic E-state index is 0.360. The number of rotatable bonds is 5. The molecule has 1 fully saturated rings. The summed E-state index contributed by atoms with van der Waals surface area (Å²) in [6.07, 6.45) is 7.95. The predicted molar refractivity (Wildman–Crippen MR) is 75.9 cm³/mol. The van der Waals surface area contributed by atoms with Crippen LogP contribution in [-0.2, 0) is 7.05 Å². The van der Waals surface area contributed by atoms with Crippen LogP contribution in [0.2, 0.25) is 0 Å². The van der Waals surface area contributed by atoms with Crippen molar-refractivity contribution in [1.29, 1.82) is 0 Å². The van der Waals surface area contributed by atoms with Crippen molar-refractivity contribution >= 4 is 5.82 Å². The average molecular weight is 250 g/mol. The SMILES string of the molecule is CNC1(CCNc2cc(C)nn2C)CCCCC1. The van der Waals surface area contributed by atoms with Gasteiger partial charge >= 0.3 is 0 Å². The molecule has 18 heavy (non-hydrogen) atoms. The number of anilines is 1. The minimum Gasteiger partial charge on any atom is -0.370 e. The zero-order valence-corrected chi connectivity index (χ0v) is 11.9. The van der Waals surface area contributed by atoms with Crippen LogP contribution in [0.3, 0.4) is 0 Å². The van der Waals surface area contributed by atoms with Crippen LogP contribution in [0, 0.1) is 6.92 Å². The normalized spacial score (nSPS) is 18.8. The molecule has 1 aliphatic carbocycles. The van der Waals surface area contributed by atoms with Crippen LogP contribution in [-0.4, -0.2) is 28.9 Å². The monoisotopic (exact) mass is 250 g/mol. The van der Waals surface area contributed by atoms with E-state index >= 15 is 0 Å². The van der Waals surface area contributed by atoms with E-state index in [4.69, 9.17) is 0 Å². The zero-order valence-electron chi connectivity index (χ0n) is 11.9. The van der Waals surface area contributed by atoms with Crippen LogP contribution in [0.25, 0.3) is 0 Å². The number of hydrogen-bond donors (Lipinski definition) is 2. The molecule has 1 aromatic heterocycles. The van der Waals surface area contributed by atoms with Gasteiger partial charge in [0.2, 0.25) is 0 Å². The lowest BCUT2D eigenvalue weighted by molar-refractivity contribution is 0.235. The quantitative estimate of drug-likeness (QED) is 0.843. The van der Waals surface area contributed by atoms with E-state index in [-0.39, 0.29) is 0 Å². The van der Waals surface area contributed by atoms with Crippen molar-refractivity contribution in [2.75, 3.05) is 18.9 Å². The van der Waals surface area contributed by atoms with Gasteiger partial charge in [0, 0.05) is 25.2 Å². The maximum atomic E-state index is 4.35. The van der Waals surface area contributed by atoms with Crippen molar-refractivity contribution in [3.8, 4) is 0 Å². The van der Waals surface area contributed by atoms with Crippen LogP contribution in [0.4, 0.5) is 5.82 Å². The Balaban J connectivity index is 1.85. The van der Waals surface area contributed by atoms with Crippen LogP contribution in [0.1, 0.15) is 44.2 Å². The number of nitrogens with one attached hydrogen (secondary N) is 2. The maximum Gasteiger partial charge on any atom is 0.124 e. The van der Waals surface area contributed by atoms with E-state index in [9.17, 15) is 0 Å². The van der Waals surface area contributed by atoms with E-state index in [0.29, 0.717) is 5.54 Å². The topological polar surface area (TPSA) is 41.9 Å². The van der Waals surface area contributed by atoms with Gasteiger partial charge in [-0.15, -0.1) is 0 Å². The van der Waals surface area contributed by atoms with Gasteiger partial charge in [0.1, 0.15) is 5.82 Å². The Morgan fingerprint density at radius 1 is 1.33 bits per heavy atom. The van der Waals surface area contributed by atoms with Gasteiger partial charge in [-0.1, -0.05) is 19.3 Å². The van der Waals surface area contributed by atoms with E-state index in [1.165, 1.54) is 38.5 Å². The number of aryl methyl sites for hydroxylation is 2. The molecule has 102 valence electrons. The molecular formula is C14H26N4. The van der Waals surface area contributed by atoms with Gasteiger partial charge in [0.15, 0.2) is 0 Å². The van der Waals surface area contributed by atoms with E-state index in [2.05, 4.69) is 28.8 Å². The fourth-order valence-electron chi connectivity index (χ4n) is 3.06. The van der Waals surface area contributed by atoms with Gasteiger partial charge in [0.05, 0.1) is 5.69 Å². The highest BCUT2D eigenvalue weighted by Crippen LogP contribution is 2.30. The highest BCUT2D eigenvalue weighted by Gasteiger charge is 2.29. The van der Waals surface area contributed by atoms with Crippen LogP contribution >= 0.6 is 0 Å². The standard InChI is InChI=1S/C14H26N4/c1-12-11-13(18(3)17-12)16-10-9-14(15-2)7-5-4-6-8-14/h11,15-16H,4-10H2,1-3H3. The molecule has 0 radical (unpaired) electrons. The lowest BCUT2D eigenvalue weighted by atomic mass is 9.79. The highest BCUT2D eigenvalue weighted by atomic mass is 15.3. The van der Waals surface area contributed by atoms with Crippen LogP contribution in [0.15, 0.2) is 6.07 Å². The third kappa shape index (κ3) is 3.05. The summed E-state index contributed by atoms with van der Waals surface area (Å²) < 4.78 is 1.92. The summed E-state index contributed by atoms with van der Waals surface area (Å²) in [5, 5.41) is 11.4. The summed E-state index contributed by atoms with van der Waals surface area (Å²) in [5.74, 6) is 1.12. The lowest BCUT2D eigenvalue weighted by Gasteiger charge is -2.37. The van der Waals surface area contributed by atoms with E-state index in [1.54, 1.807) is 0 Å². The Hall–Kier alpha value is -1.03. The second kappa shape index (κ2) is 5.74. The van der Waals surface area contributed by atoms with Crippen molar-refractivity contribution in [2.45, 2.75) is 51.0 Å². The van der Waals surface area contributed by atoms with E-state index < -0.39 is 0 Å². The van der Waals surface area contributed by atoms with Gasteiger partial charge in [-0.2, -0.15) is 5.10 Å². The fraction of sp³-hybridized carbons (Fsp3) is 0.786. The van der Waals surface area contributed by atoms with Crippen LogP contribution in [0.5, 0.6) is 0 Å². The Kier molecular flexibility index (Phi) is 4.27. The molecule has 1 aliphatic rings. The summed E-state index contributed by atoms with van der Waals surface area (Å²) in [6.45, 7) is 3.04.